The summed E-state index contributed by atoms with van der Waals surface area (Å²) in [6.45, 7) is 0.385. The van der Waals surface area contributed by atoms with Gasteiger partial charge in [-0.15, -0.1) is 0 Å². The largest absolute Gasteiger partial charge is 0.363 e. The number of hydrogen-bond donors (Lipinski definition) is 4. The Morgan fingerprint density at radius 2 is 2.00 bits per heavy atom. The predicted molar refractivity (Wildman–Crippen MR) is 56.3 cm³/mol. The van der Waals surface area contributed by atoms with Crippen molar-refractivity contribution in [2.75, 3.05) is 17.2 Å². The van der Waals surface area contributed by atoms with Gasteiger partial charge in [0.1, 0.15) is 6.17 Å². The number of rotatable bonds is 2. The van der Waals surface area contributed by atoms with Crippen LogP contribution in [-0.4, -0.2) is 25.7 Å². The molecule has 0 spiro atoms. The van der Waals surface area contributed by atoms with E-state index in [4.69, 9.17) is 10.3 Å². The lowest BCUT2D eigenvalue weighted by molar-refractivity contribution is 0.483. The van der Waals surface area contributed by atoms with Gasteiger partial charge in [-0.25, -0.2) is 0 Å². The predicted octanol–water partition coefficient (Wildman–Crippen LogP) is 0.0555. The Bertz CT molecular complexity index is 486. The van der Waals surface area contributed by atoms with Crippen molar-refractivity contribution in [3.05, 3.63) is 18.2 Å². The second-order valence-electron chi connectivity index (χ2n) is 3.26. The summed E-state index contributed by atoms with van der Waals surface area (Å²) in [5.41, 5.74) is 6.85. The van der Waals surface area contributed by atoms with Crippen molar-refractivity contribution in [3.63, 3.8) is 0 Å². The molecule has 2 rings (SSSR count). The molecule has 0 saturated heterocycles. The van der Waals surface area contributed by atoms with E-state index in [1.165, 1.54) is 12.1 Å². The van der Waals surface area contributed by atoms with Crippen LogP contribution in [0.4, 0.5) is 11.4 Å². The number of benzene rings is 1. The average molecular weight is 229 g/mol. The van der Waals surface area contributed by atoms with Crippen molar-refractivity contribution in [2.45, 2.75) is 11.1 Å². The van der Waals surface area contributed by atoms with Crippen LogP contribution in [0.25, 0.3) is 0 Å². The summed E-state index contributed by atoms with van der Waals surface area (Å²) in [5, 5.41) is 6.04. The molecule has 15 heavy (non-hydrogen) atoms. The van der Waals surface area contributed by atoms with E-state index in [2.05, 4.69) is 10.6 Å². The molecule has 0 fully saturated rings. The van der Waals surface area contributed by atoms with E-state index in [1.54, 1.807) is 6.07 Å². The zero-order valence-corrected chi connectivity index (χ0v) is 8.58. The molecule has 1 atom stereocenters. The molecular formula is C8H11N3O3S. The highest BCUT2D eigenvalue weighted by Gasteiger charge is 2.20. The van der Waals surface area contributed by atoms with E-state index in [0.717, 1.165) is 5.69 Å². The molecule has 1 aliphatic heterocycles. The molecule has 0 saturated carbocycles. The topological polar surface area (TPSA) is 104 Å². The summed E-state index contributed by atoms with van der Waals surface area (Å²) in [6, 6.07) is 4.29. The fraction of sp³-hybridized carbons (Fsp3) is 0.250. The van der Waals surface area contributed by atoms with Gasteiger partial charge in [-0.05, 0) is 18.2 Å². The SMILES string of the molecule is NCC1Nc2ccc(S(=O)(=O)O)cc2N1. The average Bonchev–Trinajstić information content (AvgIpc) is 2.57. The Kier molecular flexibility index (Phi) is 2.29. The molecule has 0 amide bonds. The first-order valence-electron chi connectivity index (χ1n) is 4.35. The van der Waals surface area contributed by atoms with Gasteiger partial charge in [0.15, 0.2) is 0 Å². The highest BCUT2D eigenvalue weighted by Crippen LogP contribution is 2.30. The molecule has 1 aliphatic rings. The Morgan fingerprint density at radius 3 is 2.60 bits per heavy atom. The number of nitrogens with one attached hydrogen (secondary N) is 2. The standard InChI is InChI=1S/C8H11N3O3S/c9-4-8-10-6-2-1-5(15(12,13)14)3-7(6)11-8/h1-3,8,10-11H,4,9H2,(H,12,13,14). The smallest absolute Gasteiger partial charge is 0.294 e. The van der Waals surface area contributed by atoms with Crippen LogP contribution in [-0.2, 0) is 10.1 Å². The van der Waals surface area contributed by atoms with Gasteiger partial charge in [-0.1, -0.05) is 0 Å². The van der Waals surface area contributed by atoms with Gasteiger partial charge in [-0.3, -0.25) is 4.55 Å². The molecule has 6 nitrogen and oxygen atoms in total. The van der Waals surface area contributed by atoms with Crippen LogP contribution < -0.4 is 16.4 Å². The monoisotopic (exact) mass is 229 g/mol. The minimum atomic E-state index is -4.15. The Morgan fingerprint density at radius 1 is 1.33 bits per heavy atom. The lowest BCUT2D eigenvalue weighted by Crippen LogP contribution is -2.31. The molecule has 5 N–H and O–H groups in total. The Balaban J connectivity index is 2.39. The van der Waals surface area contributed by atoms with E-state index in [1.807, 2.05) is 0 Å². The molecule has 1 aromatic carbocycles. The van der Waals surface area contributed by atoms with Gasteiger partial charge in [0.25, 0.3) is 10.1 Å². The van der Waals surface area contributed by atoms with Gasteiger partial charge in [0.05, 0.1) is 16.3 Å². The van der Waals surface area contributed by atoms with Crippen LogP contribution in [0.15, 0.2) is 23.1 Å². The van der Waals surface area contributed by atoms with E-state index < -0.39 is 10.1 Å². The lowest BCUT2D eigenvalue weighted by Gasteiger charge is -2.07. The summed E-state index contributed by atoms with van der Waals surface area (Å²) in [7, 11) is -4.15. The highest BCUT2D eigenvalue weighted by atomic mass is 32.2. The first-order valence-corrected chi connectivity index (χ1v) is 5.79. The highest BCUT2D eigenvalue weighted by molar-refractivity contribution is 7.85. The minimum Gasteiger partial charge on any atom is -0.363 e. The Labute approximate surface area is 87.2 Å². The molecule has 0 aliphatic carbocycles. The zero-order chi connectivity index (χ0) is 11.1. The summed E-state index contributed by atoms with van der Waals surface area (Å²) in [4.78, 5) is -0.131. The molecule has 0 radical (unpaired) electrons. The van der Waals surface area contributed by atoms with Gasteiger partial charge in [-0.2, -0.15) is 8.42 Å². The summed E-state index contributed by atoms with van der Waals surface area (Å²) < 4.78 is 30.6. The van der Waals surface area contributed by atoms with Gasteiger partial charge >= 0.3 is 0 Å². The quantitative estimate of drug-likeness (QED) is 0.534. The summed E-state index contributed by atoms with van der Waals surface area (Å²) >= 11 is 0. The van der Waals surface area contributed by atoms with Crippen LogP contribution >= 0.6 is 0 Å². The second kappa shape index (κ2) is 3.37. The molecule has 82 valence electrons. The fourth-order valence-electron chi connectivity index (χ4n) is 1.46. The number of fused-ring (bicyclic) bond motifs is 1. The molecule has 0 bridgehead atoms. The van der Waals surface area contributed by atoms with E-state index in [-0.39, 0.29) is 11.1 Å². The summed E-state index contributed by atoms with van der Waals surface area (Å²) in [6.07, 6.45) is -0.100. The Hall–Kier alpha value is -1.31. The normalized spacial score (nSPS) is 19.2. The maximum Gasteiger partial charge on any atom is 0.294 e. The molecule has 0 aromatic heterocycles. The second-order valence-corrected chi connectivity index (χ2v) is 4.68. The molecule has 1 aromatic rings. The van der Waals surface area contributed by atoms with Gasteiger partial charge in [0.2, 0.25) is 0 Å². The first kappa shape index (κ1) is 10.2. The minimum absolute atomic E-state index is 0.100. The van der Waals surface area contributed by atoms with Crippen molar-refractivity contribution in [2.24, 2.45) is 5.73 Å². The van der Waals surface area contributed by atoms with Gasteiger partial charge in [0, 0.05) is 6.54 Å². The van der Waals surface area contributed by atoms with E-state index in [0.29, 0.717) is 12.2 Å². The molecule has 7 heteroatoms. The van der Waals surface area contributed by atoms with Crippen LogP contribution in [0, 0.1) is 0 Å². The third kappa shape index (κ3) is 1.89. The summed E-state index contributed by atoms with van der Waals surface area (Å²) in [5.74, 6) is 0. The number of nitrogens with two attached hydrogens (primary N) is 1. The first-order chi connectivity index (χ1) is 7.00. The van der Waals surface area contributed by atoms with Crippen molar-refractivity contribution in [3.8, 4) is 0 Å². The lowest BCUT2D eigenvalue weighted by atomic mass is 10.3. The maximum absolute atomic E-state index is 10.9. The van der Waals surface area contributed by atoms with E-state index in [9.17, 15) is 8.42 Å². The molecule has 1 heterocycles. The van der Waals surface area contributed by atoms with Crippen molar-refractivity contribution in [1.82, 2.24) is 0 Å². The van der Waals surface area contributed by atoms with Crippen molar-refractivity contribution >= 4 is 21.5 Å². The van der Waals surface area contributed by atoms with Crippen molar-refractivity contribution in [1.29, 1.82) is 0 Å². The van der Waals surface area contributed by atoms with Crippen LogP contribution in [0.5, 0.6) is 0 Å². The molecular weight excluding hydrogens is 218 g/mol. The van der Waals surface area contributed by atoms with Crippen LogP contribution in [0.1, 0.15) is 0 Å². The van der Waals surface area contributed by atoms with Crippen LogP contribution in [0.3, 0.4) is 0 Å². The fourth-order valence-corrected chi connectivity index (χ4v) is 1.97. The maximum atomic E-state index is 10.9. The van der Waals surface area contributed by atoms with Gasteiger partial charge < -0.3 is 16.4 Å². The van der Waals surface area contributed by atoms with Crippen molar-refractivity contribution < 1.29 is 13.0 Å². The van der Waals surface area contributed by atoms with Crippen LogP contribution in [0.2, 0.25) is 0 Å². The molecule has 1 unspecified atom stereocenters. The van der Waals surface area contributed by atoms with E-state index >= 15 is 0 Å². The number of anilines is 2. The third-order valence-electron chi connectivity index (χ3n) is 2.18. The zero-order valence-electron chi connectivity index (χ0n) is 7.77. The number of hydrogen-bond acceptors (Lipinski definition) is 5. The third-order valence-corrected chi connectivity index (χ3v) is 3.03.